The molecule has 3 heteroatoms. The van der Waals surface area contributed by atoms with Gasteiger partial charge in [0.05, 0.1) is 12.0 Å². The number of hydrogen-bond acceptors (Lipinski definition) is 2. The van der Waals surface area contributed by atoms with Crippen LogP contribution in [0.15, 0.2) is 42.9 Å². The minimum atomic E-state index is 0.376. The number of aryl methyl sites for hydroxylation is 1. The zero-order chi connectivity index (χ0) is 14.4. The lowest BCUT2D eigenvalue weighted by Gasteiger charge is -2.23. The standard InChI is InChI=1S/C17H25N3/c1-4-10-20-13-18-11-16(20)12-19-17(14(2)3)15-8-6-5-7-9-15/h5-9,11,13-14,17,19H,4,10,12H2,1-3H3. The van der Waals surface area contributed by atoms with E-state index in [9.17, 15) is 0 Å². The Labute approximate surface area is 122 Å². The molecule has 2 aromatic rings. The molecule has 1 unspecified atom stereocenters. The first-order valence-electron chi connectivity index (χ1n) is 7.49. The Bertz CT molecular complexity index is 502. The van der Waals surface area contributed by atoms with Gasteiger partial charge in [0.1, 0.15) is 0 Å². The predicted molar refractivity (Wildman–Crippen MR) is 83.4 cm³/mol. The van der Waals surface area contributed by atoms with Crippen LogP contribution in [0.1, 0.15) is 44.5 Å². The number of hydrogen-bond donors (Lipinski definition) is 1. The molecule has 0 amide bonds. The molecule has 1 N–H and O–H groups in total. The Kier molecular flexibility index (Phi) is 5.36. The van der Waals surface area contributed by atoms with E-state index >= 15 is 0 Å². The Morgan fingerprint density at radius 3 is 2.60 bits per heavy atom. The number of aromatic nitrogens is 2. The van der Waals surface area contributed by atoms with Crippen LogP contribution in [-0.2, 0) is 13.1 Å². The van der Waals surface area contributed by atoms with E-state index in [0.29, 0.717) is 12.0 Å². The van der Waals surface area contributed by atoms with Gasteiger partial charge in [0.2, 0.25) is 0 Å². The lowest BCUT2D eigenvalue weighted by molar-refractivity contribution is 0.404. The SMILES string of the molecule is CCCn1cncc1CNC(c1ccccc1)C(C)C. The highest BCUT2D eigenvalue weighted by Crippen LogP contribution is 2.21. The molecule has 2 rings (SSSR count). The maximum Gasteiger partial charge on any atom is 0.0948 e. The van der Waals surface area contributed by atoms with Gasteiger partial charge in [0, 0.05) is 25.3 Å². The van der Waals surface area contributed by atoms with Crippen molar-refractivity contribution in [2.45, 2.75) is 46.3 Å². The zero-order valence-electron chi connectivity index (χ0n) is 12.7. The fourth-order valence-electron chi connectivity index (χ4n) is 2.55. The van der Waals surface area contributed by atoms with Crippen LogP contribution in [-0.4, -0.2) is 9.55 Å². The Balaban J connectivity index is 2.04. The average molecular weight is 271 g/mol. The molecule has 0 saturated heterocycles. The largest absolute Gasteiger partial charge is 0.333 e. The highest BCUT2D eigenvalue weighted by molar-refractivity contribution is 5.19. The van der Waals surface area contributed by atoms with E-state index in [1.165, 1.54) is 11.3 Å². The molecule has 0 spiro atoms. The molecule has 20 heavy (non-hydrogen) atoms. The monoisotopic (exact) mass is 271 g/mol. The van der Waals surface area contributed by atoms with Crippen molar-refractivity contribution in [2.24, 2.45) is 5.92 Å². The number of nitrogens with one attached hydrogen (secondary N) is 1. The minimum Gasteiger partial charge on any atom is -0.333 e. The van der Waals surface area contributed by atoms with Gasteiger partial charge in [-0.15, -0.1) is 0 Å². The first-order chi connectivity index (χ1) is 9.72. The van der Waals surface area contributed by atoms with Crippen LogP contribution in [0.25, 0.3) is 0 Å². The molecule has 0 saturated carbocycles. The number of rotatable bonds is 7. The van der Waals surface area contributed by atoms with Gasteiger partial charge in [-0.3, -0.25) is 0 Å². The maximum absolute atomic E-state index is 4.26. The van der Waals surface area contributed by atoms with E-state index in [-0.39, 0.29) is 0 Å². The van der Waals surface area contributed by atoms with Gasteiger partial charge in [-0.1, -0.05) is 51.1 Å². The molecule has 108 valence electrons. The van der Waals surface area contributed by atoms with Gasteiger partial charge in [0.25, 0.3) is 0 Å². The van der Waals surface area contributed by atoms with E-state index in [4.69, 9.17) is 0 Å². The summed E-state index contributed by atoms with van der Waals surface area (Å²) >= 11 is 0. The third-order valence-electron chi connectivity index (χ3n) is 3.59. The molecule has 1 atom stereocenters. The van der Waals surface area contributed by atoms with Crippen LogP contribution in [0.4, 0.5) is 0 Å². The summed E-state index contributed by atoms with van der Waals surface area (Å²) in [4.78, 5) is 4.26. The van der Waals surface area contributed by atoms with Crippen LogP contribution in [0, 0.1) is 5.92 Å². The quantitative estimate of drug-likeness (QED) is 0.830. The van der Waals surface area contributed by atoms with Gasteiger partial charge in [0.15, 0.2) is 0 Å². The third kappa shape index (κ3) is 3.70. The normalized spacial score (nSPS) is 12.8. The highest BCUT2D eigenvalue weighted by Gasteiger charge is 2.15. The Morgan fingerprint density at radius 1 is 1.20 bits per heavy atom. The molecule has 0 radical (unpaired) electrons. The molecule has 0 aliphatic carbocycles. The number of imidazole rings is 1. The van der Waals surface area contributed by atoms with Crippen molar-refractivity contribution in [2.75, 3.05) is 0 Å². The molecular formula is C17H25N3. The van der Waals surface area contributed by atoms with Crippen LogP contribution < -0.4 is 5.32 Å². The maximum atomic E-state index is 4.26. The summed E-state index contributed by atoms with van der Waals surface area (Å²) in [5, 5.41) is 3.68. The van der Waals surface area contributed by atoms with Crippen molar-refractivity contribution in [1.29, 1.82) is 0 Å². The molecule has 0 aliphatic heterocycles. The molecule has 1 aromatic heterocycles. The minimum absolute atomic E-state index is 0.376. The molecule has 0 bridgehead atoms. The van der Waals surface area contributed by atoms with Crippen LogP contribution in [0.3, 0.4) is 0 Å². The average Bonchev–Trinajstić information content (AvgIpc) is 2.88. The van der Waals surface area contributed by atoms with Gasteiger partial charge < -0.3 is 9.88 Å². The van der Waals surface area contributed by atoms with Crippen molar-refractivity contribution in [3.8, 4) is 0 Å². The first kappa shape index (κ1) is 14.8. The summed E-state index contributed by atoms with van der Waals surface area (Å²) < 4.78 is 2.23. The van der Waals surface area contributed by atoms with Crippen molar-refractivity contribution in [3.05, 3.63) is 54.1 Å². The van der Waals surface area contributed by atoms with Crippen molar-refractivity contribution < 1.29 is 0 Å². The fourth-order valence-corrected chi connectivity index (χ4v) is 2.55. The molecule has 0 fully saturated rings. The van der Waals surface area contributed by atoms with Crippen molar-refractivity contribution in [3.63, 3.8) is 0 Å². The van der Waals surface area contributed by atoms with Gasteiger partial charge in [-0.25, -0.2) is 4.98 Å². The van der Waals surface area contributed by atoms with Crippen LogP contribution in [0.2, 0.25) is 0 Å². The summed E-state index contributed by atoms with van der Waals surface area (Å²) in [5.74, 6) is 0.556. The molecular weight excluding hydrogens is 246 g/mol. The summed E-state index contributed by atoms with van der Waals surface area (Å²) in [6.07, 6.45) is 5.02. The van der Waals surface area contributed by atoms with E-state index in [2.05, 4.69) is 66.0 Å². The van der Waals surface area contributed by atoms with E-state index in [0.717, 1.165) is 19.5 Å². The van der Waals surface area contributed by atoms with Crippen LogP contribution >= 0.6 is 0 Å². The van der Waals surface area contributed by atoms with Crippen LogP contribution in [0.5, 0.6) is 0 Å². The second-order valence-corrected chi connectivity index (χ2v) is 5.59. The second-order valence-electron chi connectivity index (χ2n) is 5.59. The van der Waals surface area contributed by atoms with E-state index in [1.54, 1.807) is 0 Å². The molecule has 1 heterocycles. The number of benzene rings is 1. The smallest absolute Gasteiger partial charge is 0.0948 e. The van der Waals surface area contributed by atoms with Gasteiger partial charge in [-0.2, -0.15) is 0 Å². The van der Waals surface area contributed by atoms with Gasteiger partial charge in [-0.05, 0) is 17.9 Å². The summed E-state index contributed by atoms with van der Waals surface area (Å²) in [7, 11) is 0. The Morgan fingerprint density at radius 2 is 1.95 bits per heavy atom. The van der Waals surface area contributed by atoms with E-state index < -0.39 is 0 Å². The zero-order valence-corrected chi connectivity index (χ0v) is 12.7. The fraction of sp³-hybridized carbons (Fsp3) is 0.471. The van der Waals surface area contributed by atoms with Gasteiger partial charge >= 0.3 is 0 Å². The third-order valence-corrected chi connectivity index (χ3v) is 3.59. The summed E-state index contributed by atoms with van der Waals surface area (Å²) in [6, 6.07) is 11.0. The molecule has 0 aliphatic rings. The van der Waals surface area contributed by atoms with Crippen molar-refractivity contribution in [1.82, 2.24) is 14.9 Å². The topological polar surface area (TPSA) is 29.9 Å². The lowest BCUT2D eigenvalue weighted by Crippen LogP contribution is -2.26. The summed E-state index contributed by atoms with van der Waals surface area (Å²) in [6.45, 7) is 8.60. The second kappa shape index (κ2) is 7.25. The Hall–Kier alpha value is -1.61. The van der Waals surface area contributed by atoms with E-state index in [1.807, 2.05) is 12.5 Å². The highest BCUT2D eigenvalue weighted by atomic mass is 15.1. The predicted octanol–water partition coefficient (Wildman–Crippen LogP) is 3.78. The number of nitrogens with zero attached hydrogens (tertiary/aromatic N) is 2. The summed E-state index contributed by atoms with van der Waals surface area (Å²) in [5.41, 5.74) is 2.61. The molecule has 3 nitrogen and oxygen atoms in total. The molecule has 1 aromatic carbocycles. The lowest BCUT2D eigenvalue weighted by atomic mass is 9.96. The first-order valence-corrected chi connectivity index (χ1v) is 7.49. The van der Waals surface area contributed by atoms with Crippen molar-refractivity contribution >= 4 is 0 Å².